The zero-order chi connectivity index (χ0) is 22.2. The number of aryl methyl sites for hydroxylation is 2. The molecule has 0 unspecified atom stereocenters. The van der Waals surface area contributed by atoms with Crippen LogP contribution in [0.4, 0.5) is 11.4 Å². The summed E-state index contributed by atoms with van der Waals surface area (Å²) in [6.45, 7) is 4.10. The maximum Gasteiger partial charge on any atom is 0.331 e. The topological polar surface area (TPSA) is 71.5 Å². The highest BCUT2D eigenvalue weighted by Crippen LogP contribution is 2.33. The van der Waals surface area contributed by atoms with Gasteiger partial charge in [-0.3, -0.25) is 4.79 Å². The van der Waals surface area contributed by atoms with E-state index in [1.165, 1.54) is 5.56 Å². The van der Waals surface area contributed by atoms with Gasteiger partial charge in [0, 0.05) is 11.3 Å². The number of hydrogen-bond donors (Lipinski definition) is 1. The van der Waals surface area contributed by atoms with Crippen molar-refractivity contribution < 1.29 is 14.3 Å². The molecule has 6 nitrogen and oxygen atoms in total. The zero-order valence-corrected chi connectivity index (χ0v) is 18.5. The summed E-state index contributed by atoms with van der Waals surface area (Å²) in [4.78, 5) is 31.0. The molecule has 32 heavy (non-hydrogen) atoms. The second-order valence-electron chi connectivity index (χ2n) is 7.92. The molecule has 160 valence electrons. The van der Waals surface area contributed by atoms with Gasteiger partial charge in [-0.25, -0.2) is 9.78 Å². The quantitative estimate of drug-likeness (QED) is 0.357. The predicted molar refractivity (Wildman–Crippen MR) is 127 cm³/mol. The summed E-state index contributed by atoms with van der Waals surface area (Å²) < 4.78 is 6.47. The molecule has 7 heteroatoms. The van der Waals surface area contributed by atoms with E-state index in [9.17, 15) is 9.59 Å². The van der Waals surface area contributed by atoms with Crippen molar-refractivity contribution in [1.82, 2.24) is 4.98 Å². The van der Waals surface area contributed by atoms with Gasteiger partial charge in [-0.2, -0.15) is 0 Å². The second-order valence-corrected chi connectivity index (χ2v) is 8.95. The molecule has 5 rings (SSSR count). The number of anilines is 2. The monoisotopic (exact) mass is 443 g/mol. The normalized spacial score (nSPS) is 13.1. The van der Waals surface area contributed by atoms with Gasteiger partial charge in [0.15, 0.2) is 5.75 Å². The number of amides is 1. The van der Waals surface area contributed by atoms with Crippen LogP contribution in [0.15, 0.2) is 60.7 Å². The molecule has 1 aliphatic rings. The molecule has 0 saturated carbocycles. The van der Waals surface area contributed by atoms with Crippen molar-refractivity contribution in [1.29, 1.82) is 0 Å². The first-order valence-corrected chi connectivity index (χ1v) is 11.1. The van der Waals surface area contributed by atoms with Crippen molar-refractivity contribution in [2.45, 2.75) is 13.8 Å². The maximum atomic E-state index is 12.7. The van der Waals surface area contributed by atoms with E-state index in [0.717, 1.165) is 32.0 Å². The van der Waals surface area contributed by atoms with E-state index < -0.39 is 0 Å². The van der Waals surface area contributed by atoms with Crippen LogP contribution >= 0.6 is 11.3 Å². The van der Waals surface area contributed by atoms with Gasteiger partial charge in [0.2, 0.25) is 5.91 Å². The molecular formula is C25H21N3O3S. The summed E-state index contributed by atoms with van der Waals surface area (Å²) in [5.41, 5.74) is 5.64. The fourth-order valence-electron chi connectivity index (χ4n) is 3.73. The fraction of sp³-hybridized carbons (Fsp3) is 0.160. The second kappa shape index (κ2) is 8.09. The number of carbonyl (C=O) groups excluding carboxylic acids is 2. The van der Waals surface area contributed by atoms with Crippen LogP contribution in [0.3, 0.4) is 0 Å². The minimum atomic E-state index is -0.369. The van der Waals surface area contributed by atoms with Crippen molar-refractivity contribution in [3.63, 3.8) is 0 Å². The Bertz CT molecular complexity index is 1340. The van der Waals surface area contributed by atoms with E-state index >= 15 is 0 Å². The lowest BCUT2D eigenvalue weighted by molar-refractivity contribution is -0.133. The number of thiazole rings is 1. The van der Waals surface area contributed by atoms with Crippen molar-refractivity contribution >= 4 is 44.8 Å². The standard InChI is InChI=1S/C25H21N3O3S/c1-15-4-10-20-21(11-15)31-24(30)14-28(20)13-23(29)26-18-7-5-17(6-8-18)25-27-19-9-3-16(2)12-22(19)32-25/h3-12H,13-14H2,1-2H3,(H,26,29). The van der Waals surface area contributed by atoms with Gasteiger partial charge in [-0.1, -0.05) is 12.1 Å². The number of ether oxygens (including phenoxy) is 1. The minimum Gasteiger partial charge on any atom is -0.423 e. The van der Waals surface area contributed by atoms with E-state index in [0.29, 0.717) is 11.4 Å². The largest absolute Gasteiger partial charge is 0.423 e. The predicted octanol–water partition coefficient (Wildman–Crippen LogP) is 4.94. The molecule has 0 aliphatic carbocycles. The molecule has 2 heterocycles. The van der Waals surface area contributed by atoms with Crippen LogP contribution in [0.5, 0.6) is 5.75 Å². The van der Waals surface area contributed by atoms with Crippen molar-refractivity contribution in [2.75, 3.05) is 23.3 Å². The van der Waals surface area contributed by atoms with Crippen LogP contribution in [0.25, 0.3) is 20.8 Å². The van der Waals surface area contributed by atoms with E-state index in [-0.39, 0.29) is 25.0 Å². The Morgan fingerprint density at radius 1 is 1.06 bits per heavy atom. The third-order valence-electron chi connectivity index (χ3n) is 5.29. The summed E-state index contributed by atoms with van der Waals surface area (Å²) in [7, 11) is 0. The molecule has 0 spiro atoms. The van der Waals surface area contributed by atoms with Crippen molar-refractivity contribution in [3.05, 3.63) is 71.8 Å². The third-order valence-corrected chi connectivity index (χ3v) is 6.36. The van der Waals surface area contributed by atoms with Crippen LogP contribution in [0, 0.1) is 13.8 Å². The molecular weight excluding hydrogens is 422 g/mol. The highest BCUT2D eigenvalue weighted by Gasteiger charge is 2.25. The molecule has 0 fully saturated rings. The first-order valence-electron chi connectivity index (χ1n) is 10.3. The number of aromatic nitrogens is 1. The minimum absolute atomic E-state index is 0.0412. The lowest BCUT2D eigenvalue weighted by Crippen LogP contribution is -2.41. The zero-order valence-electron chi connectivity index (χ0n) is 17.7. The smallest absolute Gasteiger partial charge is 0.331 e. The van der Waals surface area contributed by atoms with Gasteiger partial charge < -0.3 is 15.0 Å². The average Bonchev–Trinajstić information content (AvgIpc) is 3.17. The molecule has 0 radical (unpaired) electrons. The number of benzene rings is 3. The summed E-state index contributed by atoms with van der Waals surface area (Å²) in [5, 5.41) is 3.86. The molecule has 1 N–H and O–H groups in total. The molecule has 3 aromatic carbocycles. The molecule has 0 bridgehead atoms. The molecule has 1 amide bonds. The van der Waals surface area contributed by atoms with Crippen LogP contribution in [-0.2, 0) is 9.59 Å². The van der Waals surface area contributed by atoms with Gasteiger partial charge in [-0.05, 0) is 73.5 Å². The highest BCUT2D eigenvalue weighted by atomic mass is 32.1. The lowest BCUT2D eigenvalue weighted by Gasteiger charge is -2.29. The Labute approximate surface area is 189 Å². The number of nitrogens with one attached hydrogen (secondary N) is 1. The van der Waals surface area contributed by atoms with Gasteiger partial charge >= 0.3 is 5.97 Å². The van der Waals surface area contributed by atoms with Crippen molar-refractivity contribution in [3.8, 4) is 16.3 Å². The Balaban J connectivity index is 1.28. The Morgan fingerprint density at radius 3 is 2.62 bits per heavy atom. The van der Waals surface area contributed by atoms with Crippen LogP contribution < -0.4 is 15.0 Å². The Kier molecular flexibility index (Phi) is 5.11. The van der Waals surface area contributed by atoms with E-state index in [1.807, 2.05) is 49.4 Å². The van der Waals surface area contributed by atoms with Gasteiger partial charge in [0.05, 0.1) is 22.4 Å². The molecule has 1 aromatic heterocycles. The number of carbonyl (C=O) groups is 2. The third kappa shape index (κ3) is 4.07. The maximum absolute atomic E-state index is 12.7. The van der Waals surface area contributed by atoms with Crippen molar-refractivity contribution in [2.24, 2.45) is 0 Å². The lowest BCUT2D eigenvalue weighted by atomic mass is 10.1. The first-order chi connectivity index (χ1) is 15.4. The van der Waals surface area contributed by atoms with E-state index in [4.69, 9.17) is 9.72 Å². The molecule has 1 aliphatic heterocycles. The molecule has 0 atom stereocenters. The number of fused-ring (bicyclic) bond motifs is 2. The molecule has 4 aromatic rings. The summed E-state index contributed by atoms with van der Waals surface area (Å²) in [6, 6.07) is 19.5. The van der Waals surface area contributed by atoms with E-state index in [2.05, 4.69) is 24.4 Å². The summed E-state index contributed by atoms with van der Waals surface area (Å²) in [5.74, 6) is -0.0786. The van der Waals surface area contributed by atoms with Gasteiger partial charge in [0.25, 0.3) is 0 Å². The molecule has 0 saturated heterocycles. The van der Waals surface area contributed by atoms with Crippen LogP contribution in [0.2, 0.25) is 0 Å². The fourth-order valence-corrected chi connectivity index (χ4v) is 4.80. The number of hydrogen-bond acceptors (Lipinski definition) is 6. The average molecular weight is 444 g/mol. The van der Waals surface area contributed by atoms with Crippen LogP contribution in [-0.4, -0.2) is 29.9 Å². The van der Waals surface area contributed by atoms with Gasteiger partial charge in [-0.15, -0.1) is 11.3 Å². The summed E-state index contributed by atoms with van der Waals surface area (Å²) >= 11 is 1.65. The Morgan fingerprint density at radius 2 is 1.81 bits per heavy atom. The number of nitrogens with zero attached hydrogens (tertiary/aromatic N) is 2. The van der Waals surface area contributed by atoms with E-state index in [1.54, 1.807) is 22.3 Å². The highest BCUT2D eigenvalue weighted by molar-refractivity contribution is 7.21. The van der Waals surface area contributed by atoms with Crippen LogP contribution in [0.1, 0.15) is 11.1 Å². The first kappa shape index (κ1) is 20.2. The van der Waals surface area contributed by atoms with Gasteiger partial charge in [0.1, 0.15) is 11.6 Å². The number of esters is 1. The summed E-state index contributed by atoms with van der Waals surface area (Å²) in [6.07, 6.45) is 0. The Hall–Kier alpha value is -3.71. The SMILES string of the molecule is Cc1ccc2c(c1)OC(=O)CN2CC(=O)Nc1ccc(-c2nc3ccc(C)cc3s2)cc1. The number of rotatable bonds is 4.